The number of rotatable bonds is 0. The number of piperidine rings is 1. The molecule has 1 unspecified atom stereocenters. The summed E-state index contributed by atoms with van der Waals surface area (Å²) in [5, 5.41) is 0. The maximum Gasteiger partial charge on any atom is 0.270 e. The molecule has 0 aromatic carbocycles. The predicted molar refractivity (Wildman–Crippen MR) is 89.7 cm³/mol. The molecular weight excluding hydrogens is 294 g/mol. The van der Waals surface area contributed by atoms with Gasteiger partial charge in [-0.1, -0.05) is 0 Å². The van der Waals surface area contributed by atoms with Crippen LogP contribution in [-0.4, -0.2) is 45.2 Å². The lowest BCUT2D eigenvalue weighted by molar-refractivity contribution is 0.256. The first-order valence-corrected chi connectivity index (χ1v) is 8.02. The normalized spacial score (nSPS) is 21.3. The molecular formula is C16H23N5O2. The molecule has 0 spiro atoms. The quantitative estimate of drug-likeness (QED) is 0.749. The van der Waals surface area contributed by atoms with Gasteiger partial charge in [0.05, 0.1) is 12.2 Å². The van der Waals surface area contributed by atoms with Crippen molar-refractivity contribution in [1.29, 1.82) is 0 Å². The van der Waals surface area contributed by atoms with E-state index in [1.54, 1.807) is 15.2 Å². The Morgan fingerprint density at radius 1 is 1.17 bits per heavy atom. The van der Waals surface area contributed by atoms with Crippen LogP contribution < -0.4 is 16.9 Å². The van der Waals surface area contributed by atoms with Gasteiger partial charge in [-0.3, -0.25) is 18.7 Å². The molecule has 2 aromatic heterocycles. The van der Waals surface area contributed by atoms with Crippen molar-refractivity contribution >= 4 is 11.2 Å². The lowest BCUT2D eigenvalue weighted by Crippen LogP contribution is -2.37. The second-order valence-corrected chi connectivity index (χ2v) is 6.45. The fraction of sp³-hybridized carbons (Fsp3) is 0.562. The van der Waals surface area contributed by atoms with Gasteiger partial charge in [0.1, 0.15) is 11.2 Å². The number of likely N-dealkylation sites (tertiary alicyclic amines) is 1. The van der Waals surface area contributed by atoms with Gasteiger partial charge in [0.15, 0.2) is 0 Å². The number of hydrogen-bond donors (Lipinski definition) is 1. The van der Waals surface area contributed by atoms with Crippen molar-refractivity contribution in [2.45, 2.75) is 38.4 Å². The van der Waals surface area contributed by atoms with Crippen LogP contribution in [0.15, 0.2) is 27.9 Å². The van der Waals surface area contributed by atoms with Gasteiger partial charge in [0.25, 0.3) is 11.1 Å². The van der Waals surface area contributed by atoms with Crippen molar-refractivity contribution in [3.05, 3.63) is 39.0 Å². The molecule has 4 heterocycles. The first kappa shape index (κ1) is 15.9. The Morgan fingerprint density at radius 2 is 1.87 bits per heavy atom. The summed E-state index contributed by atoms with van der Waals surface area (Å²) in [7, 11) is 2.14. The third kappa shape index (κ3) is 3.07. The molecule has 7 heteroatoms. The first-order valence-electron chi connectivity index (χ1n) is 8.02. The van der Waals surface area contributed by atoms with Gasteiger partial charge < -0.3 is 10.6 Å². The summed E-state index contributed by atoms with van der Waals surface area (Å²) in [6.45, 7) is 4.84. The van der Waals surface area contributed by atoms with Gasteiger partial charge in [0.2, 0.25) is 0 Å². The summed E-state index contributed by atoms with van der Waals surface area (Å²) in [4.78, 5) is 29.5. The van der Waals surface area contributed by atoms with Gasteiger partial charge in [0, 0.05) is 18.7 Å². The second-order valence-electron chi connectivity index (χ2n) is 6.45. The Balaban J connectivity index is 0.000000166. The summed E-state index contributed by atoms with van der Waals surface area (Å²) in [6.07, 6.45) is 3.65. The molecule has 0 saturated carbocycles. The number of aromatic nitrogens is 3. The Bertz CT molecular complexity index is 802. The predicted octanol–water partition coefficient (Wildman–Crippen LogP) is 0.172. The summed E-state index contributed by atoms with van der Waals surface area (Å²) in [5.41, 5.74) is 6.78. The van der Waals surface area contributed by atoms with Crippen LogP contribution in [-0.2, 0) is 6.54 Å². The van der Waals surface area contributed by atoms with Gasteiger partial charge in [-0.2, -0.15) is 0 Å². The average molecular weight is 317 g/mol. The summed E-state index contributed by atoms with van der Waals surface area (Å²) >= 11 is 0. The first-order chi connectivity index (χ1) is 11.0. The maximum absolute atomic E-state index is 11.6. The topological polar surface area (TPSA) is 86.2 Å². The molecule has 0 amide bonds. The van der Waals surface area contributed by atoms with Gasteiger partial charge in [-0.05, 0) is 46.0 Å². The molecule has 0 aliphatic carbocycles. The largest absolute Gasteiger partial charge is 0.328 e. The molecule has 4 rings (SSSR count). The third-order valence-electron chi connectivity index (χ3n) is 4.57. The molecule has 124 valence electrons. The van der Waals surface area contributed by atoms with Crippen LogP contribution in [0, 0.1) is 0 Å². The molecule has 0 bridgehead atoms. The fourth-order valence-corrected chi connectivity index (χ4v) is 3.18. The maximum atomic E-state index is 11.6. The third-order valence-corrected chi connectivity index (χ3v) is 4.57. The van der Waals surface area contributed by atoms with E-state index in [1.807, 2.05) is 6.92 Å². The van der Waals surface area contributed by atoms with Crippen LogP contribution in [0.3, 0.4) is 0 Å². The van der Waals surface area contributed by atoms with Crippen molar-refractivity contribution in [2.24, 2.45) is 5.73 Å². The monoisotopic (exact) mass is 317 g/mol. The molecule has 0 radical (unpaired) electrons. The van der Waals surface area contributed by atoms with Crippen LogP contribution in [0.25, 0.3) is 11.2 Å². The molecule has 1 saturated heterocycles. The lowest BCUT2D eigenvalue weighted by Gasteiger charge is -2.25. The molecule has 2 aliphatic rings. The minimum atomic E-state index is -0.147. The Morgan fingerprint density at radius 3 is 2.52 bits per heavy atom. The minimum absolute atomic E-state index is 0.0260. The standard InChI is InChI=1S/C10H9N3O2.C6H14N2/c1-6-5-12-9(15)4-11-7-2-3-8(14)13(6)10(7)12;1-8-4-2-6(7)3-5-8/h2-4,6H,5H2,1H3;6H,2-5,7H2,1H3. The summed E-state index contributed by atoms with van der Waals surface area (Å²) < 4.78 is 3.23. The van der Waals surface area contributed by atoms with Crippen LogP contribution in [0.2, 0.25) is 0 Å². The van der Waals surface area contributed by atoms with Gasteiger partial charge >= 0.3 is 0 Å². The number of pyridine rings is 1. The zero-order valence-corrected chi connectivity index (χ0v) is 13.6. The second kappa shape index (κ2) is 6.25. The smallest absolute Gasteiger partial charge is 0.270 e. The van der Waals surface area contributed by atoms with E-state index >= 15 is 0 Å². The highest BCUT2D eigenvalue weighted by atomic mass is 16.1. The minimum Gasteiger partial charge on any atom is -0.328 e. The van der Waals surface area contributed by atoms with Gasteiger partial charge in [-0.25, -0.2) is 4.98 Å². The van der Waals surface area contributed by atoms with Crippen molar-refractivity contribution in [2.75, 3.05) is 20.1 Å². The van der Waals surface area contributed by atoms with E-state index in [2.05, 4.69) is 16.9 Å². The average Bonchev–Trinajstić information content (AvgIpc) is 2.89. The van der Waals surface area contributed by atoms with Crippen LogP contribution in [0.1, 0.15) is 25.8 Å². The van der Waals surface area contributed by atoms with Crippen molar-refractivity contribution in [3.63, 3.8) is 0 Å². The Labute approximate surface area is 134 Å². The summed E-state index contributed by atoms with van der Waals surface area (Å²) in [6, 6.07) is 3.65. The number of nitrogens with zero attached hydrogens (tertiary/aromatic N) is 4. The van der Waals surface area contributed by atoms with E-state index in [-0.39, 0.29) is 17.2 Å². The highest BCUT2D eigenvalue weighted by molar-refractivity contribution is 5.71. The van der Waals surface area contributed by atoms with Crippen molar-refractivity contribution in [3.8, 4) is 0 Å². The highest BCUT2D eigenvalue weighted by Gasteiger charge is 2.22. The van der Waals surface area contributed by atoms with Crippen molar-refractivity contribution in [1.82, 2.24) is 19.0 Å². The van der Waals surface area contributed by atoms with E-state index < -0.39 is 0 Å². The van der Waals surface area contributed by atoms with E-state index in [0.29, 0.717) is 23.8 Å². The number of hydrogen-bond acceptors (Lipinski definition) is 5. The lowest BCUT2D eigenvalue weighted by atomic mass is 10.1. The summed E-state index contributed by atoms with van der Waals surface area (Å²) in [5.74, 6) is 0. The molecule has 7 nitrogen and oxygen atoms in total. The van der Waals surface area contributed by atoms with Crippen LogP contribution in [0.5, 0.6) is 0 Å². The molecule has 1 atom stereocenters. The van der Waals surface area contributed by atoms with Gasteiger partial charge in [-0.15, -0.1) is 0 Å². The molecule has 23 heavy (non-hydrogen) atoms. The fourth-order valence-electron chi connectivity index (χ4n) is 3.18. The SMILES string of the molecule is CC1Cn2c(=O)cnc3ccc(=O)n1c32.CN1CCC(N)CC1. The zero-order valence-electron chi connectivity index (χ0n) is 13.6. The molecule has 2 aromatic rings. The van der Waals surface area contributed by atoms with Crippen LogP contribution in [0.4, 0.5) is 0 Å². The zero-order chi connectivity index (χ0) is 16.6. The van der Waals surface area contributed by atoms with Crippen molar-refractivity contribution < 1.29 is 0 Å². The van der Waals surface area contributed by atoms with E-state index in [0.717, 1.165) is 0 Å². The highest BCUT2D eigenvalue weighted by Crippen LogP contribution is 2.20. The van der Waals surface area contributed by atoms with E-state index in [9.17, 15) is 9.59 Å². The molecule has 2 N–H and O–H groups in total. The van der Waals surface area contributed by atoms with Crippen LogP contribution >= 0.6 is 0 Å². The molecule has 1 fully saturated rings. The Hall–Kier alpha value is -1.99. The van der Waals surface area contributed by atoms with E-state index in [1.165, 1.54) is 38.2 Å². The Kier molecular flexibility index (Phi) is 4.32. The molecule has 2 aliphatic heterocycles. The van der Waals surface area contributed by atoms with E-state index in [4.69, 9.17) is 5.73 Å². The number of nitrogens with two attached hydrogens (primary N) is 1.